The van der Waals surface area contributed by atoms with Crippen molar-refractivity contribution in [3.63, 3.8) is 0 Å². The van der Waals surface area contributed by atoms with Crippen molar-refractivity contribution in [2.45, 2.75) is 19.4 Å². The Kier molecular flexibility index (Phi) is 2.93. The van der Waals surface area contributed by atoms with Crippen LogP contribution in [0.2, 0.25) is 0 Å². The molecule has 2 rings (SSSR count). The summed E-state index contributed by atoms with van der Waals surface area (Å²) in [7, 11) is 0. The lowest BCUT2D eigenvalue weighted by atomic mass is 10.1. The number of rotatable bonds is 2. The molecule has 5 heteroatoms. The molecule has 1 aliphatic rings. The Hall–Kier alpha value is -1.75. The van der Waals surface area contributed by atoms with Crippen molar-refractivity contribution in [2.75, 3.05) is 11.4 Å². The summed E-state index contributed by atoms with van der Waals surface area (Å²) in [5.41, 5.74) is 6.12. The van der Waals surface area contributed by atoms with Gasteiger partial charge in [-0.15, -0.1) is 0 Å². The molecule has 1 amide bonds. The van der Waals surface area contributed by atoms with E-state index < -0.39 is 5.82 Å². The Labute approximate surface area is 98.2 Å². The molecule has 1 aromatic rings. The highest BCUT2D eigenvalue weighted by Gasteiger charge is 2.29. The van der Waals surface area contributed by atoms with Crippen LogP contribution < -0.4 is 10.6 Å². The Morgan fingerprint density at radius 3 is 2.71 bits per heavy atom. The van der Waals surface area contributed by atoms with E-state index in [9.17, 15) is 14.0 Å². The largest absolute Gasteiger partial charge is 0.326 e. The molecular weight excluding hydrogens is 223 g/mol. The number of benzene rings is 1. The highest BCUT2D eigenvalue weighted by atomic mass is 19.1. The van der Waals surface area contributed by atoms with E-state index in [2.05, 4.69) is 0 Å². The van der Waals surface area contributed by atoms with Gasteiger partial charge < -0.3 is 10.6 Å². The minimum absolute atomic E-state index is 0.188. The topological polar surface area (TPSA) is 63.4 Å². The van der Waals surface area contributed by atoms with Gasteiger partial charge in [-0.25, -0.2) is 4.39 Å². The van der Waals surface area contributed by atoms with Gasteiger partial charge in [0.25, 0.3) is 0 Å². The summed E-state index contributed by atoms with van der Waals surface area (Å²) in [6.07, 6.45) is 0.230. The molecule has 0 aromatic heterocycles. The fraction of sp³-hybridized carbons (Fsp3) is 0.333. The molecule has 90 valence electrons. The molecule has 4 nitrogen and oxygen atoms in total. The van der Waals surface area contributed by atoms with Crippen molar-refractivity contribution in [2.24, 2.45) is 5.73 Å². The number of anilines is 1. The number of carbonyl (C=O) groups is 2. The van der Waals surface area contributed by atoms with Crippen LogP contribution in [0.25, 0.3) is 0 Å². The summed E-state index contributed by atoms with van der Waals surface area (Å²) in [5.74, 6) is -0.966. The van der Waals surface area contributed by atoms with E-state index in [0.717, 1.165) is 6.07 Å². The SMILES string of the molecule is CC(=O)c1ccc(N2CC(N)CC2=O)c(F)c1. The number of nitrogens with zero attached hydrogens (tertiary/aromatic N) is 1. The Morgan fingerprint density at radius 1 is 1.53 bits per heavy atom. The number of hydrogen-bond donors (Lipinski definition) is 1. The minimum Gasteiger partial charge on any atom is -0.326 e. The normalized spacial score (nSPS) is 19.8. The predicted octanol–water partition coefficient (Wildman–Crippen LogP) is 1.09. The van der Waals surface area contributed by atoms with E-state index in [1.54, 1.807) is 0 Å². The van der Waals surface area contributed by atoms with Crippen molar-refractivity contribution < 1.29 is 14.0 Å². The lowest BCUT2D eigenvalue weighted by Crippen LogP contribution is -2.28. The van der Waals surface area contributed by atoms with Crippen LogP contribution in [0, 0.1) is 5.82 Å². The summed E-state index contributed by atoms with van der Waals surface area (Å²) in [4.78, 5) is 24.0. The molecule has 1 aliphatic heterocycles. The molecule has 0 radical (unpaired) electrons. The average Bonchev–Trinajstić information content (AvgIpc) is 2.57. The van der Waals surface area contributed by atoms with Gasteiger partial charge in [0, 0.05) is 24.6 Å². The zero-order valence-electron chi connectivity index (χ0n) is 9.44. The summed E-state index contributed by atoms with van der Waals surface area (Å²) in [5, 5.41) is 0. The number of amides is 1. The third-order valence-electron chi connectivity index (χ3n) is 2.80. The lowest BCUT2D eigenvalue weighted by molar-refractivity contribution is -0.117. The van der Waals surface area contributed by atoms with E-state index >= 15 is 0 Å². The van der Waals surface area contributed by atoms with Crippen LogP contribution in [-0.2, 0) is 4.79 Å². The summed E-state index contributed by atoms with van der Waals surface area (Å²) < 4.78 is 13.8. The van der Waals surface area contributed by atoms with Gasteiger partial charge in [-0.2, -0.15) is 0 Å². The molecule has 0 spiro atoms. The average molecular weight is 236 g/mol. The quantitative estimate of drug-likeness (QED) is 0.782. The van der Waals surface area contributed by atoms with E-state index in [1.165, 1.54) is 24.0 Å². The van der Waals surface area contributed by atoms with Crippen LogP contribution in [0.3, 0.4) is 0 Å². The van der Waals surface area contributed by atoms with Gasteiger partial charge in [0.15, 0.2) is 5.78 Å². The molecule has 1 heterocycles. The first-order valence-electron chi connectivity index (χ1n) is 5.35. The van der Waals surface area contributed by atoms with Crippen LogP contribution in [0.5, 0.6) is 0 Å². The standard InChI is InChI=1S/C12H13FN2O2/c1-7(16)8-2-3-11(10(13)4-8)15-6-9(14)5-12(15)17/h2-4,9H,5-6,14H2,1H3. The van der Waals surface area contributed by atoms with Gasteiger partial charge >= 0.3 is 0 Å². The molecule has 1 atom stereocenters. The minimum atomic E-state index is -0.569. The maximum atomic E-state index is 13.8. The lowest BCUT2D eigenvalue weighted by Gasteiger charge is -2.17. The van der Waals surface area contributed by atoms with Crippen LogP contribution >= 0.6 is 0 Å². The first-order valence-corrected chi connectivity index (χ1v) is 5.35. The van der Waals surface area contributed by atoms with Crippen molar-refractivity contribution in [3.8, 4) is 0 Å². The number of hydrogen-bond acceptors (Lipinski definition) is 3. The zero-order valence-corrected chi connectivity index (χ0v) is 9.44. The number of halogens is 1. The van der Waals surface area contributed by atoms with Gasteiger partial charge in [0.2, 0.25) is 5.91 Å². The molecule has 0 aliphatic carbocycles. The van der Waals surface area contributed by atoms with Gasteiger partial charge in [0.05, 0.1) is 5.69 Å². The third-order valence-corrected chi connectivity index (χ3v) is 2.80. The Balaban J connectivity index is 2.34. The molecule has 1 saturated heterocycles. The zero-order chi connectivity index (χ0) is 12.6. The molecular formula is C12H13FN2O2. The van der Waals surface area contributed by atoms with Gasteiger partial charge in [-0.3, -0.25) is 9.59 Å². The Morgan fingerprint density at radius 2 is 2.24 bits per heavy atom. The fourth-order valence-electron chi connectivity index (χ4n) is 1.91. The first kappa shape index (κ1) is 11.7. The molecule has 2 N–H and O–H groups in total. The predicted molar refractivity (Wildman–Crippen MR) is 61.3 cm³/mol. The van der Waals surface area contributed by atoms with E-state index in [4.69, 9.17) is 5.73 Å². The molecule has 0 bridgehead atoms. The fourth-order valence-corrected chi connectivity index (χ4v) is 1.91. The second kappa shape index (κ2) is 4.25. The van der Waals surface area contributed by atoms with Gasteiger partial charge in [-0.1, -0.05) is 0 Å². The smallest absolute Gasteiger partial charge is 0.228 e. The highest BCUT2D eigenvalue weighted by Crippen LogP contribution is 2.25. The number of ketones is 1. The molecule has 1 unspecified atom stereocenters. The molecule has 0 saturated carbocycles. The van der Waals surface area contributed by atoms with E-state index in [1.807, 2.05) is 0 Å². The summed E-state index contributed by atoms with van der Waals surface area (Å²) in [6, 6.07) is 3.85. The summed E-state index contributed by atoms with van der Waals surface area (Å²) in [6.45, 7) is 1.68. The van der Waals surface area contributed by atoms with E-state index in [-0.39, 0.29) is 29.8 Å². The number of Topliss-reactive ketones (excluding diaryl/α,β-unsaturated/α-hetero) is 1. The second-order valence-corrected chi connectivity index (χ2v) is 4.19. The van der Waals surface area contributed by atoms with Crippen molar-refractivity contribution >= 4 is 17.4 Å². The van der Waals surface area contributed by atoms with Crippen LogP contribution in [-0.4, -0.2) is 24.3 Å². The van der Waals surface area contributed by atoms with Crippen molar-refractivity contribution in [1.29, 1.82) is 0 Å². The van der Waals surface area contributed by atoms with Crippen molar-refractivity contribution in [1.82, 2.24) is 0 Å². The maximum Gasteiger partial charge on any atom is 0.228 e. The Bertz CT molecular complexity index is 487. The van der Waals surface area contributed by atoms with Gasteiger partial charge in [-0.05, 0) is 25.1 Å². The molecule has 1 aromatic carbocycles. The van der Waals surface area contributed by atoms with Gasteiger partial charge in [0.1, 0.15) is 5.82 Å². The van der Waals surface area contributed by atoms with Crippen molar-refractivity contribution in [3.05, 3.63) is 29.6 Å². The first-order chi connectivity index (χ1) is 7.99. The highest BCUT2D eigenvalue weighted by molar-refractivity contribution is 5.98. The second-order valence-electron chi connectivity index (χ2n) is 4.19. The van der Waals surface area contributed by atoms with Crippen LogP contribution in [0.15, 0.2) is 18.2 Å². The maximum absolute atomic E-state index is 13.8. The number of nitrogens with two attached hydrogens (primary N) is 1. The monoisotopic (exact) mass is 236 g/mol. The van der Waals surface area contributed by atoms with Crippen LogP contribution in [0.1, 0.15) is 23.7 Å². The number of carbonyl (C=O) groups excluding carboxylic acids is 2. The third kappa shape index (κ3) is 2.19. The molecule has 1 fully saturated rings. The van der Waals surface area contributed by atoms with Crippen LogP contribution in [0.4, 0.5) is 10.1 Å². The molecule has 17 heavy (non-hydrogen) atoms. The summed E-state index contributed by atoms with van der Waals surface area (Å²) >= 11 is 0. The van der Waals surface area contributed by atoms with E-state index in [0.29, 0.717) is 12.1 Å².